The Morgan fingerprint density at radius 3 is 0.925 bits per heavy atom. The lowest BCUT2D eigenvalue weighted by molar-refractivity contribution is 0.0676. The molecular formula is C30H22N2O8. The minimum atomic E-state index is -1.28. The van der Waals surface area contributed by atoms with Crippen LogP contribution in [0.5, 0.6) is 0 Å². The number of pyridine rings is 2. The van der Waals surface area contributed by atoms with Crippen molar-refractivity contribution in [1.82, 2.24) is 9.97 Å². The first-order chi connectivity index (χ1) is 19.2. The van der Waals surface area contributed by atoms with Gasteiger partial charge in [-0.15, -0.1) is 0 Å². The van der Waals surface area contributed by atoms with Crippen LogP contribution >= 0.6 is 0 Å². The third-order valence-corrected chi connectivity index (χ3v) is 7.40. The molecule has 1 fully saturated rings. The van der Waals surface area contributed by atoms with Gasteiger partial charge >= 0.3 is 23.9 Å². The lowest BCUT2D eigenvalue weighted by atomic mass is 9.49. The number of benzene rings is 2. The summed E-state index contributed by atoms with van der Waals surface area (Å²) < 4.78 is 0. The number of hydrogen-bond acceptors (Lipinski definition) is 6. The zero-order valence-corrected chi connectivity index (χ0v) is 20.7. The number of hydrogen-bond donors (Lipinski definition) is 4. The summed E-state index contributed by atoms with van der Waals surface area (Å²) in [6.45, 7) is 0. The number of rotatable bonds is 8. The van der Waals surface area contributed by atoms with Gasteiger partial charge in [0.15, 0.2) is 0 Å². The molecular weight excluding hydrogens is 516 g/mol. The van der Waals surface area contributed by atoms with E-state index < -0.39 is 47.5 Å². The number of nitrogens with zero attached hydrogens (tertiary/aromatic N) is 2. The van der Waals surface area contributed by atoms with Gasteiger partial charge in [0, 0.05) is 24.8 Å². The van der Waals surface area contributed by atoms with E-state index in [-0.39, 0.29) is 22.3 Å². The van der Waals surface area contributed by atoms with Crippen LogP contribution in [0.3, 0.4) is 0 Å². The van der Waals surface area contributed by atoms with Crippen molar-refractivity contribution in [3.05, 3.63) is 130 Å². The maximum atomic E-state index is 11.9. The monoisotopic (exact) mass is 538 g/mol. The molecule has 2 aromatic heterocycles. The Morgan fingerprint density at radius 2 is 0.675 bits per heavy atom. The highest BCUT2D eigenvalue weighted by molar-refractivity contribution is 5.95. The molecule has 2 heterocycles. The van der Waals surface area contributed by atoms with Crippen LogP contribution in [-0.4, -0.2) is 54.3 Å². The van der Waals surface area contributed by atoms with Gasteiger partial charge in [-0.25, -0.2) is 19.2 Å². The second-order valence-corrected chi connectivity index (χ2v) is 9.57. The lowest BCUT2D eigenvalue weighted by Gasteiger charge is -2.54. The quantitative estimate of drug-likeness (QED) is 0.246. The highest BCUT2D eigenvalue weighted by Crippen LogP contribution is 2.66. The Bertz CT molecular complexity index is 1440. The van der Waals surface area contributed by atoms with Crippen LogP contribution in [0.1, 0.15) is 87.4 Å². The molecule has 40 heavy (non-hydrogen) atoms. The average molecular weight is 539 g/mol. The highest BCUT2D eigenvalue weighted by atomic mass is 16.4. The SMILES string of the molecule is O=C(O)c1cc(C(=O)O)cc(C2C(c3ccncc3)C(c3cc(C(=O)O)cc(C(=O)O)c3)C2c2ccncc2)c1. The Morgan fingerprint density at radius 1 is 0.425 bits per heavy atom. The van der Waals surface area contributed by atoms with Crippen LogP contribution in [0.4, 0.5) is 0 Å². The number of carbonyl (C=O) groups is 4. The molecule has 1 saturated carbocycles. The van der Waals surface area contributed by atoms with Crippen LogP contribution < -0.4 is 0 Å². The molecule has 1 aliphatic carbocycles. The minimum Gasteiger partial charge on any atom is -0.478 e. The number of aromatic carboxylic acids is 4. The van der Waals surface area contributed by atoms with E-state index in [9.17, 15) is 39.6 Å². The Balaban J connectivity index is 1.78. The largest absolute Gasteiger partial charge is 0.478 e. The summed E-state index contributed by atoms with van der Waals surface area (Å²) in [5.74, 6) is -6.82. The summed E-state index contributed by atoms with van der Waals surface area (Å²) in [5.41, 5.74) is 1.83. The fourth-order valence-corrected chi connectivity index (χ4v) is 5.76. The van der Waals surface area contributed by atoms with Gasteiger partial charge in [0.05, 0.1) is 22.3 Å². The smallest absolute Gasteiger partial charge is 0.335 e. The van der Waals surface area contributed by atoms with Gasteiger partial charge in [-0.05, 0) is 107 Å². The summed E-state index contributed by atoms with van der Waals surface area (Å²) in [4.78, 5) is 55.9. The Labute approximate surface area is 227 Å². The molecule has 0 aliphatic heterocycles. The van der Waals surface area contributed by atoms with Crippen LogP contribution in [0.2, 0.25) is 0 Å². The van der Waals surface area contributed by atoms with E-state index in [0.29, 0.717) is 11.1 Å². The molecule has 0 spiro atoms. The molecule has 4 aromatic rings. The molecule has 10 heteroatoms. The Kier molecular flexibility index (Phi) is 6.83. The van der Waals surface area contributed by atoms with Crippen LogP contribution in [0.15, 0.2) is 85.5 Å². The van der Waals surface area contributed by atoms with Crippen molar-refractivity contribution < 1.29 is 39.6 Å². The zero-order chi connectivity index (χ0) is 28.6. The fraction of sp³-hybridized carbons (Fsp3) is 0.133. The predicted octanol–water partition coefficient (Wildman–Crippen LogP) is 4.72. The molecule has 5 rings (SSSR count). The Hall–Kier alpha value is -5.38. The van der Waals surface area contributed by atoms with Crippen molar-refractivity contribution in [3.63, 3.8) is 0 Å². The van der Waals surface area contributed by atoms with Gasteiger partial charge < -0.3 is 20.4 Å². The van der Waals surface area contributed by atoms with Crippen molar-refractivity contribution in [2.45, 2.75) is 23.7 Å². The molecule has 1 aliphatic rings. The molecule has 0 atom stereocenters. The molecule has 2 aromatic carbocycles. The average Bonchev–Trinajstić information content (AvgIpc) is 2.93. The topological polar surface area (TPSA) is 175 Å². The second kappa shape index (κ2) is 10.4. The van der Waals surface area contributed by atoms with Crippen LogP contribution in [0.25, 0.3) is 0 Å². The predicted molar refractivity (Wildman–Crippen MR) is 140 cm³/mol. The van der Waals surface area contributed by atoms with Gasteiger partial charge in [-0.2, -0.15) is 0 Å². The van der Waals surface area contributed by atoms with Crippen molar-refractivity contribution in [2.75, 3.05) is 0 Å². The maximum Gasteiger partial charge on any atom is 0.335 e. The second-order valence-electron chi connectivity index (χ2n) is 9.57. The van der Waals surface area contributed by atoms with Crippen LogP contribution in [0, 0.1) is 0 Å². The van der Waals surface area contributed by atoms with Gasteiger partial charge in [-0.1, -0.05) is 0 Å². The number of aromatic nitrogens is 2. The molecule has 0 unspecified atom stereocenters. The molecule has 0 amide bonds. The fourth-order valence-electron chi connectivity index (χ4n) is 5.76. The minimum absolute atomic E-state index is 0.179. The molecule has 0 bridgehead atoms. The number of carboxylic acid groups (broad SMARTS) is 4. The van der Waals surface area contributed by atoms with Gasteiger partial charge in [0.1, 0.15) is 0 Å². The number of carboxylic acids is 4. The van der Waals surface area contributed by atoms with Crippen molar-refractivity contribution in [2.24, 2.45) is 0 Å². The van der Waals surface area contributed by atoms with E-state index >= 15 is 0 Å². The van der Waals surface area contributed by atoms with Gasteiger partial charge in [-0.3, -0.25) is 9.97 Å². The van der Waals surface area contributed by atoms with Crippen molar-refractivity contribution in [3.8, 4) is 0 Å². The summed E-state index contributed by atoms with van der Waals surface area (Å²) >= 11 is 0. The summed E-state index contributed by atoms with van der Waals surface area (Å²) in [7, 11) is 0. The molecule has 4 N–H and O–H groups in total. The summed E-state index contributed by atoms with van der Waals surface area (Å²) in [6, 6.07) is 15.1. The first kappa shape index (κ1) is 26.2. The van der Waals surface area contributed by atoms with E-state index in [1.165, 1.54) is 24.3 Å². The zero-order valence-electron chi connectivity index (χ0n) is 20.7. The van der Waals surface area contributed by atoms with E-state index in [2.05, 4.69) is 9.97 Å². The third-order valence-electron chi connectivity index (χ3n) is 7.40. The van der Waals surface area contributed by atoms with E-state index in [0.717, 1.165) is 23.3 Å². The lowest BCUT2D eigenvalue weighted by Crippen LogP contribution is -2.40. The van der Waals surface area contributed by atoms with Crippen molar-refractivity contribution in [1.29, 1.82) is 0 Å². The molecule has 200 valence electrons. The molecule has 10 nitrogen and oxygen atoms in total. The molecule has 0 saturated heterocycles. The third kappa shape index (κ3) is 4.78. The van der Waals surface area contributed by atoms with E-state index in [1.54, 1.807) is 49.1 Å². The first-order valence-electron chi connectivity index (χ1n) is 12.2. The van der Waals surface area contributed by atoms with Gasteiger partial charge in [0.25, 0.3) is 0 Å². The van der Waals surface area contributed by atoms with E-state index in [1.807, 2.05) is 0 Å². The highest BCUT2D eigenvalue weighted by Gasteiger charge is 2.53. The summed E-state index contributed by atoms with van der Waals surface area (Å²) in [5, 5.41) is 38.9. The molecule has 0 radical (unpaired) electrons. The first-order valence-corrected chi connectivity index (χ1v) is 12.2. The van der Waals surface area contributed by atoms with E-state index in [4.69, 9.17) is 0 Å². The van der Waals surface area contributed by atoms with Crippen molar-refractivity contribution >= 4 is 23.9 Å². The normalized spacial score (nSPS) is 19.8. The summed E-state index contributed by atoms with van der Waals surface area (Å²) in [6.07, 6.45) is 6.37. The van der Waals surface area contributed by atoms with Crippen LogP contribution in [-0.2, 0) is 0 Å². The maximum absolute atomic E-state index is 11.9. The van der Waals surface area contributed by atoms with Gasteiger partial charge in [0.2, 0.25) is 0 Å². The standard InChI is InChI=1S/C30H22N2O8/c33-27(34)19-9-17(10-20(13-19)28(35)36)25-23(15-1-5-31-6-2-15)26(24(25)16-3-7-32-8-4-16)18-11-21(29(37)38)14-22(12-18)30(39)40/h1-14,23-26H,(H,33,34)(H,35,36)(H,37,38)(H,39,40).